The highest BCUT2D eigenvalue weighted by Gasteiger charge is 2.22. The molecular weight excluding hydrogens is 308 g/mol. The van der Waals surface area contributed by atoms with Crippen LogP contribution < -0.4 is 0 Å². The molecule has 0 aliphatic carbocycles. The fourth-order valence-corrected chi connectivity index (χ4v) is 2.62. The van der Waals surface area contributed by atoms with Gasteiger partial charge in [0.15, 0.2) is 0 Å². The maximum Gasteiger partial charge on any atom is 0.137 e. The Kier molecular flexibility index (Phi) is 4.79. The van der Waals surface area contributed by atoms with E-state index in [9.17, 15) is 4.39 Å². The summed E-state index contributed by atoms with van der Waals surface area (Å²) in [5.74, 6) is 0.326. The van der Waals surface area contributed by atoms with Crippen molar-refractivity contribution in [2.45, 2.75) is 12.6 Å². The van der Waals surface area contributed by atoms with Gasteiger partial charge in [-0.3, -0.25) is 4.90 Å². The second-order valence-electron chi connectivity index (χ2n) is 4.10. The summed E-state index contributed by atoms with van der Waals surface area (Å²) in [6.07, 6.45) is 0. The first kappa shape index (κ1) is 13.3. The average molecular weight is 323 g/mol. The highest BCUT2D eigenvalue weighted by Crippen LogP contribution is 2.19. The number of ether oxygens (including phenoxy) is 1. The van der Waals surface area contributed by atoms with E-state index in [-0.39, 0.29) is 11.9 Å². The van der Waals surface area contributed by atoms with Crippen LogP contribution in [0.1, 0.15) is 5.56 Å². The van der Waals surface area contributed by atoms with E-state index in [1.165, 1.54) is 6.07 Å². The van der Waals surface area contributed by atoms with Crippen LogP contribution in [-0.4, -0.2) is 36.6 Å². The first-order chi connectivity index (χ1) is 8.20. The summed E-state index contributed by atoms with van der Waals surface area (Å²) in [4.78, 5) is 2.27. The predicted octanol–water partition coefficient (Wildman–Crippen LogP) is 3.03. The third-order valence-electron chi connectivity index (χ3n) is 2.90. The van der Waals surface area contributed by atoms with Gasteiger partial charge in [-0.1, -0.05) is 6.07 Å². The van der Waals surface area contributed by atoms with Gasteiger partial charge < -0.3 is 4.74 Å². The van der Waals surface area contributed by atoms with Crippen molar-refractivity contribution in [3.05, 3.63) is 34.1 Å². The zero-order chi connectivity index (χ0) is 12.3. The molecule has 2 nitrogen and oxygen atoms in total. The lowest BCUT2D eigenvalue weighted by molar-refractivity contribution is -0.00305. The van der Waals surface area contributed by atoms with E-state index in [4.69, 9.17) is 16.3 Å². The van der Waals surface area contributed by atoms with Crippen molar-refractivity contribution in [3.8, 4) is 0 Å². The molecule has 0 amide bonds. The monoisotopic (exact) mass is 321 g/mol. The fourth-order valence-electron chi connectivity index (χ4n) is 1.91. The number of morpholine rings is 1. The maximum absolute atomic E-state index is 13.1. The minimum Gasteiger partial charge on any atom is -0.378 e. The second-order valence-corrected chi connectivity index (χ2v) is 5.26. The Morgan fingerprint density at radius 3 is 3.06 bits per heavy atom. The summed E-state index contributed by atoms with van der Waals surface area (Å²) >= 11 is 9.11. The Labute approximate surface area is 114 Å². The van der Waals surface area contributed by atoms with E-state index < -0.39 is 0 Å². The van der Waals surface area contributed by atoms with Crippen molar-refractivity contribution in [1.29, 1.82) is 0 Å². The summed E-state index contributed by atoms with van der Waals surface area (Å²) in [7, 11) is 0. The molecule has 1 aliphatic rings. The summed E-state index contributed by atoms with van der Waals surface area (Å²) in [6, 6.07) is 5.35. The Hall–Kier alpha value is -0.160. The summed E-state index contributed by atoms with van der Waals surface area (Å²) in [6.45, 7) is 3.05. The smallest absolute Gasteiger partial charge is 0.137 e. The number of rotatable bonds is 3. The van der Waals surface area contributed by atoms with Crippen molar-refractivity contribution < 1.29 is 9.13 Å². The van der Waals surface area contributed by atoms with Crippen molar-refractivity contribution in [2.24, 2.45) is 0 Å². The quantitative estimate of drug-likeness (QED) is 0.793. The molecule has 1 heterocycles. The van der Waals surface area contributed by atoms with Gasteiger partial charge in [0, 0.05) is 25.0 Å². The lowest BCUT2D eigenvalue weighted by atomic mass is 10.1. The number of halogens is 3. The largest absolute Gasteiger partial charge is 0.378 e. The standard InChI is InChI=1S/C12H14BrClFNO/c13-11-5-9(1-2-12(11)15)7-16-3-4-17-8-10(16)6-14/h1-2,5,10H,3-4,6-8H2. The van der Waals surface area contributed by atoms with Gasteiger partial charge >= 0.3 is 0 Å². The molecule has 94 valence electrons. The van der Waals surface area contributed by atoms with Crippen LogP contribution in [0.5, 0.6) is 0 Å². The van der Waals surface area contributed by atoms with Crippen LogP contribution in [0.3, 0.4) is 0 Å². The second kappa shape index (κ2) is 6.14. The topological polar surface area (TPSA) is 12.5 Å². The number of nitrogens with zero attached hydrogens (tertiary/aromatic N) is 1. The number of hydrogen-bond donors (Lipinski definition) is 0. The van der Waals surface area contributed by atoms with Crippen molar-refractivity contribution >= 4 is 27.5 Å². The number of hydrogen-bond acceptors (Lipinski definition) is 2. The molecule has 0 saturated carbocycles. The molecule has 1 fully saturated rings. The molecule has 2 rings (SSSR count). The summed E-state index contributed by atoms with van der Waals surface area (Å²) < 4.78 is 19.0. The van der Waals surface area contributed by atoms with Gasteiger partial charge in [-0.2, -0.15) is 0 Å². The molecule has 0 bridgehead atoms. The maximum atomic E-state index is 13.1. The van der Waals surface area contributed by atoms with Crippen LogP contribution in [0.15, 0.2) is 22.7 Å². The van der Waals surface area contributed by atoms with E-state index in [0.29, 0.717) is 17.0 Å². The molecule has 0 radical (unpaired) electrons. The van der Waals surface area contributed by atoms with Gasteiger partial charge in [0.05, 0.1) is 17.7 Å². The Morgan fingerprint density at radius 2 is 2.35 bits per heavy atom. The molecule has 5 heteroatoms. The predicted molar refractivity (Wildman–Crippen MR) is 69.8 cm³/mol. The van der Waals surface area contributed by atoms with Crippen LogP contribution in [0.4, 0.5) is 4.39 Å². The normalized spacial score (nSPS) is 21.7. The van der Waals surface area contributed by atoms with Gasteiger partial charge in [0.2, 0.25) is 0 Å². The number of alkyl halides is 1. The minimum absolute atomic E-state index is 0.232. The number of benzene rings is 1. The fraction of sp³-hybridized carbons (Fsp3) is 0.500. The van der Waals surface area contributed by atoms with Crippen molar-refractivity contribution in [1.82, 2.24) is 4.90 Å². The first-order valence-electron chi connectivity index (χ1n) is 5.52. The van der Waals surface area contributed by atoms with Crippen molar-refractivity contribution in [3.63, 3.8) is 0 Å². The highest BCUT2D eigenvalue weighted by molar-refractivity contribution is 9.10. The zero-order valence-corrected chi connectivity index (χ0v) is 11.7. The molecule has 1 unspecified atom stereocenters. The lowest BCUT2D eigenvalue weighted by Crippen LogP contribution is -2.45. The Bertz CT molecular complexity index is 391. The van der Waals surface area contributed by atoms with Crippen LogP contribution in [-0.2, 0) is 11.3 Å². The van der Waals surface area contributed by atoms with Gasteiger partial charge in [0.25, 0.3) is 0 Å². The van der Waals surface area contributed by atoms with E-state index in [2.05, 4.69) is 20.8 Å². The minimum atomic E-state index is -0.232. The van der Waals surface area contributed by atoms with Gasteiger partial charge in [-0.15, -0.1) is 11.6 Å². The van der Waals surface area contributed by atoms with Gasteiger partial charge in [-0.25, -0.2) is 4.39 Å². The van der Waals surface area contributed by atoms with E-state index in [1.807, 2.05) is 6.07 Å². The third-order valence-corrected chi connectivity index (χ3v) is 3.86. The van der Waals surface area contributed by atoms with E-state index >= 15 is 0 Å². The van der Waals surface area contributed by atoms with Crippen LogP contribution in [0, 0.1) is 5.82 Å². The Balaban J connectivity index is 2.05. The first-order valence-corrected chi connectivity index (χ1v) is 6.85. The average Bonchev–Trinajstić information content (AvgIpc) is 2.34. The molecule has 1 aromatic carbocycles. The molecule has 1 aliphatic heterocycles. The summed E-state index contributed by atoms with van der Waals surface area (Å²) in [5, 5.41) is 0. The van der Waals surface area contributed by atoms with Crippen molar-refractivity contribution in [2.75, 3.05) is 25.6 Å². The van der Waals surface area contributed by atoms with Crippen LogP contribution >= 0.6 is 27.5 Å². The molecule has 1 atom stereocenters. The lowest BCUT2D eigenvalue weighted by Gasteiger charge is -2.34. The molecule has 0 N–H and O–H groups in total. The van der Waals surface area contributed by atoms with Crippen LogP contribution in [0.2, 0.25) is 0 Å². The highest BCUT2D eigenvalue weighted by atomic mass is 79.9. The molecular formula is C12H14BrClFNO. The molecule has 0 spiro atoms. The molecule has 0 aromatic heterocycles. The van der Waals surface area contributed by atoms with Crippen LogP contribution in [0.25, 0.3) is 0 Å². The van der Waals surface area contributed by atoms with Gasteiger partial charge in [-0.05, 0) is 33.6 Å². The molecule has 17 heavy (non-hydrogen) atoms. The molecule has 1 aromatic rings. The molecule has 1 saturated heterocycles. The third kappa shape index (κ3) is 3.41. The van der Waals surface area contributed by atoms with E-state index in [0.717, 1.165) is 25.3 Å². The SMILES string of the molecule is Fc1ccc(CN2CCOCC2CCl)cc1Br. The zero-order valence-electron chi connectivity index (χ0n) is 9.33. The summed E-state index contributed by atoms with van der Waals surface area (Å²) in [5.41, 5.74) is 1.08. The van der Waals surface area contributed by atoms with Gasteiger partial charge in [0.1, 0.15) is 5.82 Å². The van der Waals surface area contributed by atoms with E-state index in [1.54, 1.807) is 6.07 Å². The Morgan fingerprint density at radius 1 is 1.53 bits per heavy atom.